The Hall–Kier alpha value is -2.38. The molecule has 0 saturated carbocycles. The van der Waals surface area contributed by atoms with Gasteiger partial charge in [-0.15, -0.1) is 0 Å². The fourth-order valence-electron chi connectivity index (χ4n) is 3.76. The first-order valence-electron chi connectivity index (χ1n) is 9.27. The maximum atomic E-state index is 12.7. The maximum Gasteiger partial charge on any atom is 0.243 e. The van der Waals surface area contributed by atoms with Crippen molar-refractivity contribution in [2.75, 3.05) is 36.4 Å². The third-order valence-corrected chi connectivity index (χ3v) is 7.03. The van der Waals surface area contributed by atoms with E-state index >= 15 is 0 Å². The molecule has 27 heavy (non-hydrogen) atoms. The van der Waals surface area contributed by atoms with Gasteiger partial charge in [-0.2, -0.15) is 4.31 Å². The summed E-state index contributed by atoms with van der Waals surface area (Å²) in [5.74, 6) is -0.151. The molecular weight excluding hydrogens is 362 g/mol. The van der Waals surface area contributed by atoms with E-state index in [1.807, 2.05) is 18.2 Å². The van der Waals surface area contributed by atoms with Gasteiger partial charge in [0.15, 0.2) is 0 Å². The van der Waals surface area contributed by atoms with Crippen LogP contribution < -0.4 is 10.2 Å². The van der Waals surface area contributed by atoms with Crippen LogP contribution in [0, 0.1) is 0 Å². The van der Waals surface area contributed by atoms with Gasteiger partial charge in [-0.1, -0.05) is 24.3 Å². The molecular formula is C20H23N3O3S. The van der Waals surface area contributed by atoms with E-state index in [1.54, 1.807) is 24.3 Å². The Morgan fingerprint density at radius 3 is 2.59 bits per heavy atom. The van der Waals surface area contributed by atoms with Crippen LogP contribution in [-0.4, -0.2) is 44.8 Å². The molecule has 7 heteroatoms. The fraction of sp³-hybridized carbons (Fsp3) is 0.350. The van der Waals surface area contributed by atoms with E-state index in [4.69, 9.17) is 0 Å². The molecule has 2 heterocycles. The van der Waals surface area contributed by atoms with Crippen molar-refractivity contribution in [3.63, 3.8) is 0 Å². The van der Waals surface area contributed by atoms with Crippen molar-refractivity contribution < 1.29 is 13.2 Å². The summed E-state index contributed by atoms with van der Waals surface area (Å²) in [5, 5.41) is 2.84. The second-order valence-electron chi connectivity index (χ2n) is 6.99. The molecule has 1 amide bonds. The standard InChI is InChI=1S/C20H23N3O3S/c24-20(15-22-13-10-16-6-1-2-9-19(16)22)21-17-7-5-8-18(14-17)27(25,26)23-11-3-4-12-23/h1-2,5-9,14H,3-4,10-13,15H2,(H,21,24). The summed E-state index contributed by atoms with van der Waals surface area (Å²) in [4.78, 5) is 14.8. The molecule has 142 valence electrons. The minimum atomic E-state index is -3.49. The molecule has 6 nitrogen and oxygen atoms in total. The summed E-state index contributed by atoms with van der Waals surface area (Å²) in [6.07, 6.45) is 2.73. The Bertz CT molecular complexity index is 952. The number of hydrogen-bond donors (Lipinski definition) is 1. The first kappa shape index (κ1) is 18.0. The van der Waals surface area contributed by atoms with Gasteiger partial charge in [0.1, 0.15) is 0 Å². The molecule has 1 N–H and O–H groups in total. The predicted octanol–water partition coefficient (Wildman–Crippen LogP) is 2.47. The summed E-state index contributed by atoms with van der Waals surface area (Å²) in [6, 6.07) is 14.6. The SMILES string of the molecule is O=C(CN1CCc2ccccc21)Nc1cccc(S(=O)(=O)N2CCCC2)c1. The molecule has 4 rings (SSSR count). The number of hydrogen-bond acceptors (Lipinski definition) is 4. The number of carbonyl (C=O) groups excluding carboxylic acids is 1. The van der Waals surface area contributed by atoms with Crippen LogP contribution in [-0.2, 0) is 21.2 Å². The molecule has 2 aromatic carbocycles. The van der Waals surface area contributed by atoms with Crippen molar-refractivity contribution in [2.24, 2.45) is 0 Å². The minimum Gasteiger partial charge on any atom is -0.362 e. The zero-order valence-corrected chi connectivity index (χ0v) is 15.9. The molecule has 2 aromatic rings. The molecule has 0 spiro atoms. The van der Waals surface area contributed by atoms with Gasteiger partial charge in [0.05, 0.1) is 11.4 Å². The lowest BCUT2D eigenvalue weighted by Gasteiger charge is -2.19. The van der Waals surface area contributed by atoms with Crippen LogP contribution >= 0.6 is 0 Å². The zero-order chi connectivity index (χ0) is 18.9. The summed E-state index contributed by atoms with van der Waals surface area (Å²) >= 11 is 0. The van der Waals surface area contributed by atoms with Crippen LogP contribution in [0.5, 0.6) is 0 Å². The Labute approximate surface area is 159 Å². The lowest BCUT2D eigenvalue weighted by atomic mass is 10.2. The minimum absolute atomic E-state index is 0.151. The van der Waals surface area contributed by atoms with Gasteiger partial charge in [0.2, 0.25) is 15.9 Å². The van der Waals surface area contributed by atoms with Crippen LogP contribution in [0.3, 0.4) is 0 Å². The highest BCUT2D eigenvalue weighted by atomic mass is 32.2. The van der Waals surface area contributed by atoms with Gasteiger partial charge in [-0.05, 0) is 49.1 Å². The number of sulfonamides is 1. The summed E-state index contributed by atoms with van der Waals surface area (Å²) < 4.78 is 26.9. The predicted molar refractivity (Wildman–Crippen MR) is 105 cm³/mol. The van der Waals surface area contributed by atoms with Gasteiger partial charge < -0.3 is 10.2 Å². The lowest BCUT2D eigenvalue weighted by Crippen LogP contribution is -2.32. The number of nitrogens with zero attached hydrogens (tertiary/aromatic N) is 2. The van der Waals surface area contributed by atoms with Crippen molar-refractivity contribution in [1.29, 1.82) is 0 Å². The van der Waals surface area contributed by atoms with Gasteiger partial charge in [0.25, 0.3) is 0 Å². The van der Waals surface area contributed by atoms with Gasteiger partial charge in [-0.3, -0.25) is 4.79 Å². The summed E-state index contributed by atoms with van der Waals surface area (Å²) in [5.41, 5.74) is 2.86. The monoisotopic (exact) mass is 385 g/mol. The van der Waals surface area contributed by atoms with Gasteiger partial charge >= 0.3 is 0 Å². The molecule has 0 radical (unpaired) electrons. The molecule has 0 unspecified atom stereocenters. The number of fused-ring (bicyclic) bond motifs is 1. The third-order valence-electron chi connectivity index (χ3n) is 5.14. The van der Waals surface area contributed by atoms with Crippen molar-refractivity contribution in [3.05, 3.63) is 54.1 Å². The van der Waals surface area contributed by atoms with Gasteiger partial charge in [0, 0.05) is 31.0 Å². The molecule has 2 aliphatic heterocycles. The number of amides is 1. The number of para-hydroxylation sites is 1. The fourth-order valence-corrected chi connectivity index (χ4v) is 5.32. The van der Waals surface area contributed by atoms with Crippen molar-refractivity contribution in [3.8, 4) is 0 Å². The summed E-state index contributed by atoms with van der Waals surface area (Å²) in [7, 11) is -3.49. The number of anilines is 2. The molecule has 0 atom stereocenters. The Kier molecular flexibility index (Phi) is 4.88. The molecule has 0 aromatic heterocycles. The Balaban J connectivity index is 1.45. The topological polar surface area (TPSA) is 69.7 Å². The number of nitrogens with one attached hydrogen (secondary N) is 1. The van der Waals surface area contributed by atoms with Crippen LogP contribution in [0.1, 0.15) is 18.4 Å². The highest BCUT2D eigenvalue weighted by Crippen LogP contribution is 2.27. The molecule has 0 aliphatic carbocycles. The first-order valence-corrected chi connectivity index (χ1v) is 10.7. The number of rotatable bonds is 5. The van der Waals surface area contributed by atoms with Crippen LogP contribution in [0.15, 0.2) is 53.4 Å². The van der Waals surface area contributed by atoms with E-state index in [0.29, 0.717) is 18.8 Å². The van der Waals surface area contributed by atoms with E-state index in [1.165, 1.54) is 9.87 Å². The van der Waals surface area contributed by atoms with E-state index in [-0.39, 0.29) is 17.3 Å². The van der Waals surface area contributed by atoms with Crippen LogP contribution in [0.2, 0.25) is 0 Å². The van der Waals surface area contributed by atoms with Crippen molar-refractivity contribution >= 4 is 27.3 Å². The third kappa shape index (κ3) is 3.70. The number of carbonyl (C=O) groups is 1. The molecule has 2 aliphatic rings. The van der Waals surface area contributed by atoms with Crippen LogP contribution in [0.4, 0.5) is 11.4 Å². The quantitative estimate of drug-likeness (QED) is 0.858. The highest BCUT2D eigenvalue weighted by Gasteiger charge is 2.27. The highest BCUT2D eigenvalue weighted by molar-refractivity contribution is 7.89. The normalized spacial score (nSPS) is 17.1. The number of benzene rings is 2. The Morgan fingerprint density at radius 1 is 1.00 bits per heavy atom. The average Bonchev–Trinajstić information content (AvgIpc) is 3.33. The van der Waals surface area contributed by atoms with Crippen molar-refractivity contribution in [2.45, 2.75) is 24.2 Å². The maximum absolute atomic E-state index is 12.7. The molecule has 1 saturated heterocycles. The smallest absolute Gasteiger partial charge is 0.243 e. The zero-order valence-electron chi connectivity index (χ0n) is 15.1. The second kappa shape index (κ2) is 7.32. The van der Waals surface area contributed by atoms with E-state index in [9.17, 15) is 13.2 Å². The van der Waals surface area contributed by atoms with E-state index < -0.39 is 10.0 Å². The van der Waals surface area contributed by atoms with Gasteiger partial charge in [-0.25, -0.2) is 8.42 Å². The first-order chi connectivity index (χ1) is 13.0. The van der Waals surface area contributed by atoms with E-state index in [0.717, 1.165) is 31.5 Å². The molecule has 0 bridgehead atoms. The largest absolute Gasteiger partial charge is 0.362 e. The lowest BCUT2D eigenvalue weighted by molar-refractivity contribution is -0.115. The van der Waals surface area contributed by atoms with E-state index in [2.05, 4.69) is 16.3 Å². The van der Waals surface area contributed by atoms with Crippen LogP contribution in [0.25, 0.3) is 0 Å². The average molecular weight is 385 g/mol. The Morgan fingerprint density at radius 2 is 1.78 bits per heavy atom. The van der Waals surface area contributed by atoms with Crippen molar-refractivity contribution in [1.82, 2.24) is 4.31 Å². The second-order valence-corrected chi connectivity index (χ2v) is 8.93. The summed E-state index contributed by atoms with van der Waals surface area (Å²) in [6.45, 7) is 2.19. The molecule has 1 fully saturated rings.